The van der Waals surface area contributed by atoms with Gasteiger partial charge in [0, 0.05) is 25.5 Å². The number of nitrogens with one attached hydrogen (secondary N) is 2. The average molecular weight is 512 g/mol. The van der Waals surface area contributed by atoms with Gasteiger partial charge in [-0.15, -0.1) is 24.0 Å². The van der Waals surface area contributed by atoms with Crippen LogP contribution in [-0.2, 0) is 6.42 Å². The predicted molar refractivity (Wildman–Crippen MR) is 129 cm³/mol. The van der Waals surface area contributed by atoms with E-state index in [0.29, 0.717) is 5.96 Å². The number of rotatable bonds is 9. The van der Waals surface area contributed by atoms with Gasteiger partial charge in [-0.3, -0.25) is 9.98 Å². The van der Waals surface area contributed by atoms with E-state index in [1.54, 1.807) is 0 Å². The second-order valence-corrected chi connectivity index (χ2v) is 6.95. The lowest BCUT2D eigenvalue weighted by Crippen LogP contribution is -2.38. The fraction of sp³-hybridized carbons (Fsp3) is 0.455. The van der Waals surface area contributed by atoms with Gasteiger partial charge >= 0.3 is 0 Å². The van der Waals surface area contributed by atoms with E-state index in [0.717, 1.165) is 30.8 Å². The highest BCUT2D eigenvalue weighted by molar-refractivity contribution is 14.0. The summed E-state index contributed by atoms with van der Waals surface area (Å²) >= 11 is 0. The largest absolute Gasteiger partial charge is 0.491 e. The van der Waals surface area contributed by atoms with Crippen molar-refractivity contribution < 1.29 is 9.84 Å². The minimum absolute atomic E-state index is 0. The maximum Gasteiger partial charge on any atom is 0.191 e. The Hall–Kier alpha value is -1.87. The number of pyridine rings is 1. The first kappa shape index (κ1) is 25.2. The van der Waals surface area contributed by atoms with Crippen LogP contribution < -0.4 is 15.4 Å². The van der Waals surface area contributed by atoms with Crippen LogP contribution in [0.5, 0.6) is 5.75 Å². The molecule has 1 unspecified atom stereocenters. The number of nitrogens with zero attached hydrogens (tertiary/aromatic N) is 2. The Balaban J connectivity index is 0.00000420. The van der Waals surface area contributed by atoms with Crippen molar-refractivity contribution in [2.24, 2.45) is 4.99 Å². The van der Waals surface area contributed by atoms with Gasteiger partial charge in [-0.25, -0.2) is 0 Å². The van der Waals surface area contributed by atoms with Crippen molar-refractivity contribution in [3.05, 3.63) is 59.4 Å². The van der Waals surface area contributed by atoms with E-state index in [9.17, 15) is 5.11 Å². The van der Waals surface area contributed by atoms with Crippen LogP contribution in [0.15, 0.2) is 47.7 Å². The lowest BCUT2D eigenvalue weighted by molar-refractivity contribution is 0.185. The number of hydrogen-bond donors (Lipinski definition) is 3. The standard InChI is InChI=1S/C22H32N4O2.HI/c1-5-24-22(25-12-10-18-9-11-23-14-17(18)4)26-15-21(27)19-7-6-8-20(13-19)28-16(2)3;/h6-9,11,13-14,16,21,27H,5,10,12,15H2,1-4H3,(H2,24,25,26);1H. The van der Waals surface area contributed by atoms with Crippen molar-refractivity contribution >= 4 is 29.9 Å². The quantitative estimate of drug-likeness (QED) is 0.272. The smallest absolute Gasteiger partial charge is 0.191 e. The summed E-state index contributed by atoms with van der Waals surface area (Å²) in [6.07, 6.45) is 3.99. The molecule has 0 spiro atoms. The SMILES string of the molecule is CCNC(=NCC(O)c1cccc(OC(C)C)c1)NCCc1ccncc1C.I. The predicted octanol–water partition coefficient (Wildman–Crippen LogP) is 3.63. The van der Waals surface area contributed by atoms with Gasteiger partial charge in [-0.1, -0.05) is 12.1 Å². The maximum absolute atomic E-state index is 10.5. The molecular formula is C22H33IN4O2. The van der Waals surface area contributed by atoms with Gasteiger partial charge in [0.25, 0.3) is 0 Å². The van der Waals surface area contributed by atoms with Crippen molar-refractivity contribution in [1.29, 1.82) is 0 Å². The van der Waals surface area contributed by atoms with Crippen LogP contribution >= 0.6 is 24.0 Å². The number of aliphatic imine (C=N–C) groups is 1. The maximum atomic E-state index is 10.5. The summed E-state index contributed by atoms with van der Waals surface area (Å²) in [4.78, 5) is 8.65. The number of aliphatic hydroxyl groups is 1. The van der Waals surface area contributed by atoms with Crippen molar-refractivity contribution in [2.45, 2.75) is 46.3 Å². The normalized spacial score (nSPS) is 12.3. The zero-order valence-corrected chi connectivity index (χ0v) is 20.0. The number of aliphatic hydroxyl groups excluding tert-OH is 1. The molecule has 0 aliphatic rings. The minimum Gasteiger partial charge on any atom is -0.491 e. The monoisotopic (exact) mass is 512 g/mol. The van der Waals surface area contributed by atoms with E-state index in [4.69, 9.17) is 4.74 Å². The molecule has 160 valence electrons. The van der Waals surface area contributed by atoms with Crippen LogP contribution in [0.4, 0.5) is 0 Å². The van der Waals surface area contributed by atoms with Crippen LogP contribution in [-0.4, -0.2) is 41.8 Å². The minimum atomic E-state index is -0.686. The molecular weight excluding hydrogens is 479 g/mol. The summed E-state index contributed by atoms with van der Waals surface area (Å²) in [6, 6.07) is 9.58. The molecule has 1 heterocycles. The number of guanidine groups is 1. The van der Waals surface area contributed by atoms with Crippen molar-refractivity contribution in [2.75, 3.05) is 19.6 Å². The first-order valence-corrected chi connectivity index (χ1v) is 9.86. The van der Waals surface area contributed by atoms with E-state index in [-0.39, 0.29) is 36.6 Å². The molecule has 0 fully saturated rings. The van der Waals surface area contributed by atoms with Gasteiger partial charge in [0.2, 0.25) is 0 Å². The Kier molecular flexibility index (Phi) is 11.6. The molecule has 7 heteroatoms. The number of benzene rings is 1. The number of aromatic nitrogens is 1. The molecule has 0 bridgehead atoms. The van der Waals surface area contributed by atoms with E-state index >= 15 is 0 Å². The summed E-state index contributed by atoms with van der Waals surface area (Å²) in [7, 11) is 0. The Bertz CT molecular complexity index is 768. The summed E-state index contributed by atoms with van der Waals surface area (Å²) in [5.41, 5.74) is 3.25. The fourth-order valence-electron chi connectivity index (χ4n) is 2.79. The molecule has 3 N–H and O–H groups in total. The van der Waals surface area contributed by atoms with Crippen molar-refractivity contribution in [1.82, 2.24) is 15.6 Å². The molecule has 0 radical (unpaired) electrons. The lowest BCUT2D eigenvalue weighted by Gasteiger charge is -2.15. The van der Waals surface area contributed by atoms with Crippen molar-refractivity contribution in [3.8, 4) is 5.75 Å². The van der Waals surface area contributed by atoms with E-state index in [1.165, 1.54) is 11.1 Å². The highest BCUT2D eigenvalue weighted by atomic mass is 127. The third-order valence-electron chi connectivity index (χ3n) is 4.20. The summed E-state index contributed by atoms with van der Waals surface area (Å²) in [6.45, 7) is 9.83. The zero-order valence-electron chi connectivity index (χ0n) is 17.7. The molecule has 0 saturated carbocycles. The highest BCUT2D eigenvalue weighted by Crippen LogP contribution is 2.20. The third-order valence-corrected chi connectivity index (χ3v) is 4.20. The van der Waals surface area contributed by atoms with Crippen LogP contribution in [0, 0.1) is 6.92 Å². The second-order valence-electron chi connectivity index (χ2n) is 6.95. The molecule has 1 aromatic heterocycles. The molecule has 2 aromatic rings. The Morgan fingerprint density at radius 3 is 2.72 bits per heavy atom. The first-order chi connectivity index (χ1) is 13.5. The van der Waals surface area contributed by atoms with Crippen LogP contribution in [0.2, 0.25) is 0 Å². The number of ether oxygens (including phenoxy) is 1. The summed E-state index contributed by atoms with van der Waals surface area (Å²) in [5.74, 6) is 1.45. The van der Waals surface area contributed by atoms with Gasteiger partial charge in [0.1, 0.15) is 5.75 Å². The molecule has 2 rings (SSSR count). The average Bonchev–Trinajstić information content (AvgIpc) is 2.67. The van der Waals surface area contributed by atoms with Gasteiger partial charge < -0.3 is 20.5 Å². The third kappa shape index (κ3) is 8.99. The topological polar surface area (TPSA) is 78.8 Å². The number of aryl methyl sites for hydroxylation is 1. The Morgan fingerprint density at radius 1 is 1.24 bits per heavy atom. The summed E-state index contributed by atoms with van der Waals surface area (Å²) < 4.78 is 5.70. The van der Waals surface area contributed by atoms with Gasteiger partial charge in [-0.2, -0.15) is 0 Å². The molecule has 29 heavy (non-hydrogen) atoms. The highest BCUT2D eigenvalue weighted by Gasteiger charge is 2.09. The first-order valence-electron chi connectivity index (χ1n) is 9.86. The van der Waals surface area contributed by atoms with Crippen LogP contribution in [0.25, 0.3) is 0 Å². The molecule has 1 atom stereocenters. The molecule has 0 aliphatic heterocycles. The van der Waals surface area contributed by atoms with Gasteiger partial charge in [0.15, 0.2) is 5.96 Å². The Morgan fingerprint density at radius 2 is 2.03 bits per heavy atom. The molecule has 1 aromatic carbocycles. The molecule has 0 aliphatic carbocycles. The molecule has 6 nitrogen and oxygen atoms in total. The second kappa shape index (κ2) is 13.4. The molecule has 0 amide bonds. The number of halogens is 1. The van der Waals surface area contributed by atoms with E-state index in [2.05, 4.69) is 27.5 Å². The lowest BCUT2D eigenvalue weighted by atomic mass is 10.1. The van der Waals surface area contributed by atoms with E-state index in [1.807, 2.05) is 63.5 Å². The zero-order chi connectivity index (χ0) is 20.4. The van der Waals surface area contributed by atoms with Crippen LogP contribution in [0.1, 0.15) is 43.6 Å². The van der Waals surface area contributed by atoms with Gasteiger partial charge in [0.05, 0.1) is 18.8 Å². The fourth-order valence-corrected chi connectivity index (χ4v) is 2.79. The summed E-state index contributed by atoms with van der Waals surface area (Å²) in [5, 5.41) is 17.1. The van der Waals surface area contributed by atoms with E-state index < -0.39 is 6.10 Å². The van der Waals surface area contributed by atoms with Crippen LogP contribution in [0.3, 0.4) is 0 Å². The van der Waals surface area contributed by atoms with Gasteiger partial charge in [-0.05, 0) is 69.0 Å². The number of hydrogen-bond acceptors (Lipinski definition) is 4. The Labute approximate surface area is 191 Å². The van der Waals surface area contributed by atoms with Crippen molar-refractivity contribution in [3.63, 3.8) is 0 Å². The molecule has 0 saturated heterocycles.